The van der Waals surface area contributed by atoms with Gasteiger partial charge < -0.3 is 10.6 Å². The van der Waals surface area contributed by atoms with Crippen LogP contribution in [0.5, 0.6) is 0 Å². The second-order valence-electron chi connectivity index (χ2n) is 5.01. The van der Waals surface area contributed by atoms with Crippen molar-refractivity contribution in [3.63, 3.8) is 0 Å². The lowest BCUT2D eigenvalue weighted by Gasteiger charge is -2.08. The third kappa shape index (κ3) is 3.38. The van der Waals surface area contributed by atoms with E-state index >= 15 is 0 Å². The Hall–Kier alpha value is -1.69. The van der Waals surface area contributed by atoms with Crippen LogP contribution >= 0.6 is 35.2 Å². The van der Waals surface area contributed by atoms with Crippen molar-refractivity contribution >= 4 is 61.3 Å². The molecule has 0 aliphatic rings. The van der Waals surface area contributed by atoms with E-state index in [1.54, 1.807) is 11.3 Å². The number of aromatic nitrogens is 1. The maximum Gasteiger partial charge on any atom is 0.190 e. The van der Waals surface area contributed by atoms with E-state index in [0.717, 1.165) is 21.0 Å². The predicted octanol–water partition coefficient (Wildman–Crippen LogP) is 5.38. The zero-order valence-corrected chi connectivity index (χ0v) is 14.5. The van der Waals surface area contributed by atoms with Crippen molar-refractivity contribution in [2.75, 3.05) is 10.6 Å². The molecule has 3 nitrogen and oxygen atoms in total. The van der Waals surface area contributed by atoms with Gasteiger partial charge in [-0.05, 0) is 67.5 Å². The Morgan fingerprint density at radius 3 is 2.68 bits per heavy atom. The summed E-state index contributed by atoms with van der Waals surface area (Å²) in [7, 11) is 0. The number of rotatable bonds is 2. The monoisotopic (exact) mass is 347 g/mol. The topological polar surface area (TPSA) is 37.0 Å². The minimum Gasteiger partial charge on any atom is -0.332 e. The van der Waals surface area contributed by atoms with E-state index in [2.05, 4.69) is 41.6 Å². The first-order chi connectivity index (χ1) is 10.5. The van der Waals surface area contributed by atoms with E-state index in [1.807, 2.05) is 24.3 Å². The first kappa shape index (κ1) is 15.2. The molecular formula is C16H14ClN3S2. The van der Waals surface area contributed by atoms with Crippen LogP contribution in [-0.2, 0) is 0 Å². The molecule has 2 N–H and O–H groups in total. The van der Waals surface area contributed by atoms with E-state index in [0.29, 0.717) is 10.1 Å². The predicted molar refractivity (Wildman–Crippen MR) is 100 cm³/mol. The summed E-state index contributed by atoms with van der Waals surface area (Å²) in [5.41, 5.74) is 4.34. The lowest BCUT2D eigenvalue weighted by atomic mass is 10.1. The van der Waals surface area contributed by atoms with Crippen molar-refractivity contribution in [1.82, 2.24) is 4.98 Å². The van der Waals surface area contributed by atoms with Crippen LogP contribution in [-0.4, -0.2) is 10.1 Å². The van der Waals surface area contributed by atoms with Crippen molar-refractivity contribution in [3.05, 3.63) is 52.5 Å². The van der Waals surface area contributed by atoms with Gasteiger partial charge in [-0.3, -0.25) is 0 Å². The standard InChI is InChI=1S/C16H14ClN3S2/c1-9-6-13-14(7-10(9)2)22-16(19-13)20-15(21)18-12-5-3-4-11(17)8-12/h3-8H,1-2H3,(H2,18,19,20,21). The molecule has 6 heteroatoms. The van der Waals surface area contributed by atoms with Crippen LogP contribution in [0.1, 0.15) is 11.1 Å². The number of nitrogens with zero attached hydrogens (tertiary/aromatic N) is 1. The number of fused-ring (bicyclic) bond motifs is 1. The van der Waals surface area contributed by atoms with Crippen LogP contribution in [0.4, 0.5) is 10.8 Å². The number of hydrogen-bond acceptors (Lipinski definition) is 3. The van der Waals surface area contributed by atoms with E-state index in [9.17, 15) is 0 Å². The number of benzene rings is 2. The smallest absolute Gasteiger partial charge is 0.190 e. The Kier molecular flexibility index (Phi) is 4.29. The molecule has 22 heavy (non-hydrogen) atoms. The third-order valence-corrected chi connectivity index (χ3v) is 4.68. The summed E-state index contributed by atoms with van der Waals surface area (Å²) in [5, 5.41) is 8.16. The molecule has 0 radical (unpaired) electrons. The molecule has 0 aliphatic heterocycles. The molecule has 3 rings (SSSR count). The van der Waals surface area contributed by atoms with Crippen LogP contribution in [0.25, 0.3) is 10.2 Å². The van der Waals surface area contributed by atoms with Gasteiger partial charge in [-0.1, -0.05) is 29.0 Å². The van der Waals surface area contributed by atoms with Crippen molar-refractivity contribution in [3.8, 4) is 0 Å². The fourth-order valence-electron chi connectivity index (χ4n) is 2.06. The Morgan fingerprint density at radius 2 is 1.91 bits per heavy atom. The molecule has 112 valence electrons. The molecule has 0 bridgehead atoms. The molecular weight excluding hydrogens is 334 g/mol. The maximum absolute atomic E-state index is 5.96. The number of anilines is 2. The molecule has 0 unspecified atom stereocenters. The highest BCUT2D eigenvalue weighted by molar-refractivity contribution is 7.80. The molecule has 0 saturated carbocycles. The minimum absolute atomic E-state index is 0.495. The molecule has 0 aliphatic carbocycles. The van der Waals surface area contributed by atoms with E-state index < -0.39 is 0 Å². The number of aryl methyl sites for hydroxylation is 2. The maximum atomic E-state index is 5.96. The van der Waals surface area contributed by atoms with Crippen molar-refractivity contribution in [2.45, 2.75) is 13.8 Å². The van der Waals surface area contributed by atoms with Crippen LogP contribution in [0.15, 0.2) is 36.4 Å². The molecule has 1 aromatic heterocycles. The van der Waals surface area contributed by atoms with Crippen molar-refractivity contribution in [1.29, 1.82) is 0 Å². The summed E-state index contributed by atoms with van der Waals surface area (Å²) in [4.78, 5) is 4.57. The first-order valence-corrected chi connectivity index (χ1v) is 8.33. The second kappa shape index (κ2) is 6.20. The molecule has 2 aromatic carbocycles. The third-order valence-electron chi connectivity index (χ3n) is 3.31. The number of hydrogen-bond donors (Lipinski definition) is 2. The summed E-state index contributed by atoms with van der Waals surface area (Å²) in [6, 6.07) is 11.7. The summed E-state index contributed by atoms with van der Waals surface area (Å²) in [5.74, 6) is 0. The summed E-state index contributed by atoms with van der Waals surface area (Å²) < 4.78 is 1.15. The molecule has 0 atom stereocenters. The second-order valence-corrected chi connectivity index (χ2v) is 6.89. The summed E-state index contributed by atoms with van der Waals surface area (Å²) in [6.45, 7) is 4.19. The number of halogens is 1. The molecule has 0 amide bonds. The van der Waals surface area contributed by atoms with Crippen LogP contribution in [0.2, 0.25) is 5.02 Å². The number of thiocarbonyl (C=S) groups is 1. The van der Waals surface area contributed by atoms with Crippen LogP contribution in [0.3, 0.4) is 0 Å². The Bertz CT molecular complexity index is 819. The highest BCUT2D eigenvalue weighted by Crippen LogP contribution is 2.28. The Morgan fingerprint density at radius 1 is 1.14 bits per heavy atom. The van der Waals surface area contributed by atoms with E-state index in [1.165, 1.54) is 11.1 Å². The normalized spacial score (nSPS) is 10.7. The molecule has 1 heterocycles. The van der Waals surface area contributed by atoms with Gasteiger partial charge >= 0.3 is 0 Å². The quantitative estimate of drug-likeness (QED) is 0.610. The van der Waals surface area contributed by atoms with Gasteiger partial charge in [0.15, 0.2) is 10.2 Å². The first-order valence-electron chi connectivity index (χ1n) is 6.72. The highest BCUT2D eigenvalue weighted by Gasteiger charge is 2.07. The van der Waals surface area contributed by atoms with Gasteiger partial charge in [-0.25, -0.2) is 4.98 Å². The summed E-state index contributed by atoms with van der Waals surface area (Å²) >= 11 is 12.9. The van der Waals surface area contributed by atoms with Gasteiger partial charge in [-0.15, -0.1) is 0 Å². The van der Waals surface area contributed by atoms with E-state index in [4.69, 9.17) is 23.8 Å². The van der Waals surface area contributed by atoms with Gasteiger partial charge in [-0.2, -0.15) is 0 Å². The largest absolute Gasteiger partial charge is 0.332 e. The average Bonchev–Trinajstić information content (AvgIpc) is 2.80. The van der Waals surface area contributed by atoms with Gasteiger partial charge in [0.2, 0.25) is 0 Å². The average molecular weight is 348 g/mol. The molecule has 0 saturated heterocycles. The van der Waals surface area contributed by atoms with Crippen LogP contribution in [0, 0.1) is 13.8 Å². The zero-order valence-electron chi connectivity index (χ0n) is 12.1. The SMILES string of the molecule is Cc1cc2nc(NC(=S)Nc3cccc(Cl)c3)sc2cc1C. The highest BCUT2D eigenvalue weighted by atomic mass is 35.5. The van der Waals surface area contributed by atoms with Crippen LogP contribution < -0.4 is 10.6 Å². The van der Waals surface area contributed by atoms with E-state index in [-0.39, 0.29) is 0 Å². The van der Waals surface area contributed by atoms with Gasteiger partial charge in [0.1, 0.15) is 0 Å². The Balaban J connectivity index is 1.76. The minimum atomic E-state index is 0.495. The van der Waals surface area contributed by atoms with Crippen molar-refractivity contribution in [2.24, 2.45) is 0 Å². The molecule has 0 fully saturated rings. The van der Waals surface area contributed by atoms with Gasteiger partial charge in [0.25, 0.3) is 0 Å². The number of nitrogens with one attached hydrogen (secondary N) is 2. The fraction of sp³-hybridized carbons (Fsp3) is 0.125. The fourth-order valence-corrected chi connectivity index (χ4v) is 3.48. The zero-order chi connectivity index (χ0) is 15.7. The van der Waals surface area contributed by atoms with Gasteiger partial charge in [0.05, 0.1) is 10.2 Å². The lowest BCUT2D eigenvalue weighted by molar-refractivity contribution is 1.35. The van der Waals surface area contributed by atoms with Gasteiger partial charge in [0, 0.05) is 10.7 Å². The molecule has 0 spiro atoms. The summed E-state index contributed by atoms with van der Waals surface area (Å²) in [6.07, 6.45) is 0. The lowest BCUT2D eigenvalue weighted by Crippen LogP contribution is -2.18. The molecule has 3 aromatic rings. The van der Waals surface area contributed by atoms with Crippen molar-refractivity contribution < 1.29 is 0 Å². The Labute approximate surface area is 143 Å². The number of thiazole rings is 1.